The quantitative estimate of drug-likeness (QED) is 0.752. The molecule has 0 atom stereocenters. The molecule has 0 saturated heterocycles. The summed E-state index contributed by atoms with van der Waals surface area (Å²) in [5.41, 5.74) is 1.74. The Morgan fingerprint density at radius 2 is 2.19 bits per heavy atom. The number of carbonyl (C=O) groups excluding carboxylic acids is 1. The van der Waals surface area contributed by atoms with Crippen LogP contribution in [0.3, 0.4) is 0 Å². The number of hydrogen-bond acceptors (Lipinski definition) is 5. The number of aromatic nitrogens is 1. The molecule has 0 radical (unpaired) electrons. The lowest BCUT2D eigenvalue weighted by Gasteiger charge is -2.03. The summed E-state index contributed by atoms with van der Waals surface area (Å²) in [6.07, 6.45) is 3.59. The predicted molar refractivity (Wildman–Crippen MR) is 89.6 cm³/mol. The first-order chi connectivity index (χ1) is 9.29. The largest absolute Gasteiger partial charge is 0.472 e. The van der Waals surface area contributed by atoms with E-state index in [9.17, 15) is 4.79 Å². The SMILES string of the molecule is CCNCCNC(=O)Cc1csc(-c2ccoc2)n1.Cl.Cl. The molecule has 2 N–H and O–H groups in total. The predicted octanol–water partition coefficient (Wildman–Crippen LogP) is 2.51. The number of rotatable bonds is 7. The Balaban J connectivity index is 0.00000200. The van der Waals surface area contributed by atoms with Gasteiger partial charge in [0.25, 0.3) is 0 Å². The zero-order valence-corrected chi connectivity index (χ0v) is 14.1. The number of carbonyl (C=O) groups is 1. The fourth-order valence-electron chi connectivity index (χ4n) is 1.60. The van der Waals surface area contributed by atoms with E-state index in [1.807, 2.05) is 18.4 Å². The average molecular weight is 352 g/mol. The van der Waals surface area contributed by atoms with Gasteiger partial charge in [0, 0.05) is 24.0 Å². The van der Waals surface area contributed by atoms with Gasteiger partial charge in [0.2, 0.25) is 5.91 Å². The molecule has 0 spiro atoms. The summed E-state index contributed by atoms with van der Waals surface area (Å²) in [4.78, 5) is 16.1. The first-order valence-corrected chi connectivity index (χ1v) is 7.12. The van der Waals surface area contributed by atoms with Crippen molar-refractivity contribution in [2.75, 3.05) is 19.6 Å². The fourth-order valence-corrected chi connectivity index (χ4v) is 2.41. The molecule has 2 aromatic heterocycles. The molecular formula is C13H19Cl2N3O2S. The van der Waals surface area contributed by atoms with Crippen LogP contribution in [0.25, 0.3) is 10.6 Å². The van der Waals surface area contributed by atoms with Crippen LogP contribution >= 0.6 is 36.2 Å². The van der Waals surface area contributed by atoms with E-state index in [2.05, 4.69) is 15.6 Å². The van der Waals surface area contributed by atoms with E-state index in [-0.39, 0.29) is 30.7 Å². The number of nitrogens with zero attached hydrogens (tertiary/aromatic N) is 1. The number of likely N-dealkylation sites (N-methyl/N-ethyl adjacent to an activating group) is 1. The second kappa shape index (κ2) is 10.6. The van der Waals surface area contributed by atoms with Crippen LogP contribution in [0.5, 0.6) is 0 Å². The maximum atomic E-state index is 11.7. The maximum Gasteiger partial charge on any atom is 0.226 e. The third-order valence-corrected chi connectivity index (χ3v) is 3.48. The molecule has 2 aromatic rings. The van der Waals surface area contributed by atoms with Crippen molar-refractivity contribution in [3.8, 4) is 10.6 Å². The van der Waals surface area contributed by atoms with Gasteiger partial charge in [-0.15, -0.1) is 36.2 Å². The Morgan fingerprint density at radius 1 is 1.38 bits per heavy atom. The Hall–Kier alpha value is -1.08. The number of amides is 1. The van der Waals surface area contributed by atoms with Gasteiger partial charge in [-0.25, -0.2) is 4.98 Å². The Labute approximate surface area is 140 Å². The van der Waals surface area contributed by atoms with Gasteiger partial charge in [0.15, 0.2) is 0 Å². The summed E-state index contributed by atoms with van der Waals surface area (Å²) < 4.78 is 5.02. The zero-order chi connectivity index (χ0) is 13.5. The molecule has 118 valence electrons. The van der Waals surface area contributed by atoms with Crippen molar-refractivity contribution >= 4 is 42.1 Å². The van der Waals surface area contributed by atoms with Gasteiger partial charge < -0.3 is 15.1 Å². The summed E-state index contributed by atoms with van der Waals surface area (Å²) in [6, 6.07) is 1.86. The molecule has 8 heteroatoms. The smallest absolute Gasteiger partial charge is 0.226 e. The highest BCUT2D eigenvalue weighted by molar-refractivity contribution is 7.13. The lowest BCUT2D eigenvalue weighted by molar-refractivity contribution is -0.120. The minimum absolute atomic E-state index is 0. The van der Waals surface area contributed by atoms with Crippen molar-refractivity contribution in [1.29, 1.82) is 0 Å². The minimum Gasteiger partial charge on any atom is -0.472 e. The van der Waals surface area contributed by atoms with Crippen molar-refractivity contribution < 1.29 is 9.21 Å². The van der Waals surface area contributed by atoms with E-state index in [0.29, 0.717) is 13.0 Å². The van der Waals surface area contributed by atoms with Gasteiger partial charge in [-0.05, 0) is 12.6 Å². The van der Waals surface area contributed by atoms with Gasteiger partial charge in [-0.2, -0.15) is 0 Å². The lowest BCUT2D eigenvalue weighted by atomic mass is 10.3. The lowest BCUT2D eigenvalue weighted by Crippen LogP contribution is -2.32. The summed E-state index contributed by atoms with van der Waals surface area (Å²) in [5.74, 6) is 0.00180. The summed E-state index contributed by atoms with van der Waals surface area (Å²) in [7, 11) is 0. The summed E-state index contributed by atoms with van der Waals surface area (Å²) >= 11 is 1.52. The monoisotopic (exact) mass is 351 g/mol. The highest BCUT2D eigenvalue weighted by Crippen LogP contribution is 2.23. The topological polar surface area (TPSA) is 67.2 Å². The normalized spacial score (nSPS) is 9.57. The molecule has 2 heterocycles. The van der Waals surface area contributed by atoms with E-state index in [0.717, 1.165) is 29.4 Å². The molecular weight excluding hydrogens is 333 g/mol. The van der Waals surface area contributed by atoms with Crippen LogP contribution in [0.2, 0.25) is 0 Å². The van der Waals surface area contributed by atoms with E-state index in [1.54, 1.807) is 12.5 Å². The third kappa shape index (κ3) is 6.48. The van der Waals surface area contributed by atoms with Crippen LogP contribution in [0.15, 0.2) is 28.4 Å². The molecule has 0 aliphatic carbocycles. The first-order valence-electron chi connectivity index (χ1n) is 6.24. The summed E-state index contributed by atoms with van der Waals surface area (Å²) in [5, 5.41) is 8.79. The van der Waals surface area contributed by atoms with Crippen molar-refractivity contribution in [2.24, 2.45) is 0 Å². The Kier molecular flexibility index (Phi) is 10.1. The van der Waals surface area contributed by atoms with Crippen molar-refractivity contribution in [2.45, 2.75) is 13.3 Å². The maximum absolute atomic E-state index is 11.7. The van der Waals surface area contributed by atoms with Crippen LogP contribution in [0.4, 0.5) is 0 Å². The molecule has 21 heavy (non-hydrogen) atoms. The second-order valence-corrected chi connectivity index (χ2v) is 4.89. The molecule has 0 aliphatic heterocycles. The van der Waals surface area contributed by atoms with E-state index in [1.165, 1.54) is 11.3 Å². The van der Waals surface area contributed by atoms with E-state index < -0.39 is 0 Å². The first kappa shape index (κ1) is 19.9. The van der Waals surface area contributed by atoms with Gasteiger partial charge in [-0.1, -0.05) is 6.92 Å². The van der Waals surface area contributed by atoms with E-state index >= 15 is 0 Å². The molecule has 0 fully saturated rings. The van der Waals surface area contributed by atoms with Gasteiger partial charge in [-0.3, -0.25) is 4.79 Å². The number of hydrogen-bond donors (Lipinski definition) is 2. The number of thiazole rings is 1. The van der Waals surface area contributed by atoms with Crippen molar-refractivity contribution in [1.82, 2.24) is 15.6 Å². The van der Waals surface area contributed by atoms with E-state index in [4.69, 9.17) is 4.42 Å². The Bertz CT molecular complexity index is 517. The molecule has 0 saturated carbocycles. The second-order valence-electron chi connectivity index (χ2n) is 4.04. The molecule has 5 nitrogen and oxygen atoms in total. The number of halogens is 2. The molecule has 0 bridgehead atoms. The van der Waals surface area contributed by atoms with Crippen LogP contribution < -0.4 is 10.6 Å². The van der Waals surface area contributed by atoms with Crippen molar-refractivity contribution in [3.05, 3.63) is 29.7 Å². The van der Waals surface area contributed by atoms with Crippen LogP contribution in [-0.2, 0) is 11.2 Å². The fraction of sp³-hybridized carbons (Fsp3) is 0.385. The molecule has 0 aliphatic rings. The summed E-state index contributed by atoms with van der Waals surface area (Å²) in [6.45, 7) is 4.38. The van der Waals surface area contributed by atoms with Gasteiger partial charge >= 0.3 is 0 Å². The molecule has 0 aromatic carbocycles. The number of nitrogens with one attached hydrogen (secondary N) is 2. The highest BCUT2D eigenvalue weighted by Gasteiger charge is 2.09. The van der Waals surface area contributed by atoms with Crippen molar-refractivity contribution in [3.63, 3.8) is 0 Å². The average Bonchev–Trinajstić information content (AvgIpc) is 3.04. The third-order valence-electron chi connectivity index (χ3n) is 2.54. The standard InChI is InChI=1S/C13H17N3O2S.2ClH/c1-2-14-4-5-15-12(17)7-11-9-19-13(16-11)10-3-6-18-8-10;;/h3,6,8-9,14H,2,4-5,7H2,1H3,(H,15,17);2*1H. The van der Waals surface area contributed by atoms with Crippen LogP contribution in [0.1, 0.15) is 12.6 Å². The Morgan fingerprint density at radius 3 is 2.86 bits per heavy atom. The molecule has 2 rings (SSSR count). The van der Waals surface area contributed by atoms with Gasteiger partial charge in [0.05, 0.1) is 18.4 Å². The van der Waals surface area contributed by atoms with Crippen LogP contribution in [-0.4, -0.2) is 30.5 Å². The molecule has 1 amide bonds. The minimum atomic E-state index is 0. The van der Waals surface area contributed by atoms with Gasteiger partial charge in [0.1, 0.15) is 11.3 Å². The van der Waals surface area contributed by atoms with Crippen LogP contribution in [0, 0.1) is 0 Å². The zero-order valence-electron chi connectivity index (χ0n) is 11.6. The highest BCUT2D eigenvalue weighted by atomic mass is 35.5. The number of furan rings is 1. The molecule has 0 unspecified atom stereocenters.